The van der Waals surface area contributed by atoms with Crippen molar-refractivity contribution in [2.75, 3.05) is 0 Å². The average Bonchev–Trinajstić information content (AvgIpc) is 1.79. The third-order valence-corrected chi connectivity index (χ3v) is 1.49. The van der Waals surface area contributed by atoms with Gasteiger partial charge in [-0.2, -0.15) is 0 Å². The summed E-state index contributed by atoms with van der Waals surface area (Å²) in [6, 6.07) is 0. The van der Waals surface area contributed by atoms with Gasteiger partial charge in [0.15, 0.2) is 0 Å². The highest BCUT2D eigenvalue weighted by Gasteiger charge is 2.29. The normalized spacial score (nSPS) is 22.7. The first kappa shape index (κ1) is 7.60. The number of halogens is 1. The van der Waals surface area contributed by atoms with Crippen LogP contribution < -0.4 is 0 Å². The lowest BCUT2D eigenvalue weighted by atomic mass is 10.3. The summed E-state index contributed by atoms with van der Waals surface area (Å²) in [5, 5.41) is 0. The van der Waals surface area contributed by atoms with Crippen molar-refractivity contribution in [2.24, 2.45) is 0 Å². The zero-order chi connectivity index (χ0) is 7.78. The van der Waals surface area contributed by atoms with Crippen LogP contribution in [0.5, 0.6) is 0 Å². The summed E-state index contributed by atoms with van der Waals surface area (Å²) in [4.78, 5) is 10.8. The molecule has 0 radical (unpaired) electrons. The fourth-order valence-corrected chi connectivity index (χ4v) is 0.712. The highest BCUT2D eigenvalue weighted by atomic mass is 79.9. The van der Waals surface area contributed by atoms with Gasteiger partial charge in [0, 0.05) is 13.8 Å². The van der Waals surface area contributed by atoms with Crippen LogP contribution in [0.2, 0.25) is 0 Å². The summed E-state index contributed by atoms with van der Waals surface area (Å²) in [7, 11) is 0. The smallest absolute Gasteiger partial charge is 0.351 e. The molecular weight excluding hydrogens is 200 g/mol. The summed E-state index contributed by atoms with van der Waals surface area (Å²) in [5.41, 5.74) is 0. The minimum absolute atomic E-state index is 0.312. The second kappa shape index (κ2) is 2.27. The van der Waals surface area contributed by atoms with Gasteiger partial charge >= 0.3 is 5.97 Å². The first-order chi connectivity index (χ1) is 4.51. The highest BCUT2D eigenvalue weighted by molar-refractivity contribution is 9.12. The molecule has 0 aromatic heterocycles. The molecule has 0 bridgehead atoms. The molecule has 0 N–H and O–H groups in total. The van der Waals surface area contributed by atoms with E-state index in [0.717, 1.165) is 0 Å². The van der Waals surface area contributed by atoms with Crippen LogP contribution in [-0.4, -0.2) is 11.8 Å². The molecule has 0 amide bonds. The predicted molar refractivity (Wildman–Crippen MR) is 38.3 cm³/mol. The van der Waals surface area contributed by atoms with Gasteiger partial charge in [-0.15, -0.1) is 0 Å². The molecule has 0 aromatic carbocycles. The molecule has 10 heavy (non-hydrogen) atoms. The van der Waals surface area contributed by atoms with Crippen molar-refractivity contribution >= 4 is 21.9 Å². The van der Waals surface area contributed by atoms with Gasteiger partial charge in [0.05, 0.1) is 0 Å². The fourth-order valence-electron chi connectivity index (χ4n) is 0.538. The van der Waals surface area contributed by atoms with Gasteiger partial charge in [-0.1, -0.05) is 0 Å². The number of hydrogen-bond donors (Lipinski definition) is 0. The van der Waals surface area contributed by atoms with Crippen molar-refractivity contribution in [3.05, 3.63) is 10.7 Å². The maximum absolute atomic E-state index is 10.8. The maximum atomic E-state index is 10.8. The van der Waals surface area contributed by atoms with Crippen molar-refractivity contribution < 1.29 is 14.3 Å². The molecule has 1 rings (SSSR count). The van der Waals surface area contributed by atoms with Gasteiger partial charge < -0.3 is 9.47 Å². The molecule has 3 nitrogen and oxygen atoms in total. The highest BCUT2D eigenvalue weighted by Crippen LogP contribution is 2.23. The van der Waals surface area contributed by atoms with Gasteiger partial charge in [0.25, 0.3) is 0 Å². The van der Waals surface area contributed by atoms with Gasteiger partial charge in [-0.25, -0.2) is 4.79 Å². The second-order valence-corrected chi connectivity index (χ2v) is 3.23. The Morgan fingerprint density at radius 2 is 2.20 bits per heavy atom. The van der Waals surface area contributed by atoms with E-state index in [1.54, 1.807) is 13.8 Å². The topological polar surface area (TPSA) is 35.5 Å². The first-order valence-corrected chi connectivity index (χ1v) is 3.57. The predicted octanol–water partition coefficient (Wildman–Crippen LogP) is 1.53. The monoisotopic (exact) mass is 206 g/mol. The Hall–Kier alpha value is -0.510. The van der Waals surface area contributed by atoms with E-state index in [1.165, 1.54) is 6.26 Å². The molecule has 0 saturated heterocycles. The van der Waals surface area contributed by atoms with Crippen molar-refractivity contribution in [2.45, 2.75) is 19.6 Å². The van der Waals surface area contributed by atoms with E-state index < -0.39 is 11.8 Å². The second-order valence-electron chi connectivity index (χ2n) is 2.37. The lowest BCUT2D eigenvalue weighted by molar-refractivity contribution is -0.199. The number of hydrogen-bond acceptors (Lipinski definition) is 3. The van der Waals surface area contributed by atoms with Crippen molar-refractivity contribution in [1.29, 1.82) is 0 Å². The largest absolute Gasteiger partial charge is 0.459 e. The molecule has 0 aliphatic carbocycles. The molecule has 0 atom stereocenters. The van der Waals surface area contributed by atoms with Crippen LogP contribution in [0.15, 0.2) is 10.7 Å². The van der Waals surface area contributed by atoms with Crippen LogP contribution in [-0.2, 0) is 14.3 Å². The molecule has 0 aromatic rings. The van der Waals surface area contributed by atoms with Crippen LogP contribution >= 0.6 is 15.9 Å². The van der Waals surface area contributed by atoms with E-state index in [0.29, 0.717) is 4.48 Å². The van der Waals surface area contributed by atoms with E-state index >= 15 is 0 Å². The van der Waals surface area contributed by atoms with Crippen molar-refractivity contribution in [3.8, 4) is 0 Å². The Labute approximate surface area is 67.1 Å². The van der Waals surface area contributed by atoms with Gasteiger partial charge in [-0.3, -0.25) is 0 Å². The zero-order valence-electron chi connectivity index (χ0n) is 5.68. The third-order valence-electron chi connectivity index (χ3n) is 0.980. The molecule has 4 heteroatoms. The summed E-state index contributed by atoms with van der Waals surface area (Å²) in [6.45, 7) is 3.34. The Balaban J connectivity index is 2.79. The average molecular weight is 207 g/mol. The van der Waals surface area contributed by atoms with Crippen LogP contribution in [0, 0.1) is 0 Å². The van der Waals surface area contributed by atoms with Gasteiger partial charge in [0.1, 0.15) is 10.7 Å². The summed E-state index contributed by atoms with van der Waals surface area (Å²) < 4.78 is 10.1. The molecule has 0 saturated carbocycles. The van der Waals surface area contributed by atoms with Crippen LogP contribution in [0.4, 0.5) is 0 Å². The lowest BCUT2D eigenvalue weighted by Crippen LogP contribution is -2.33. The standard InChI is InChI=1S/C6H7BrO3/c1-6(2)9-3-4(7)5(8)10-6/h3H,1-2H3. The molecule has 0 fully saturated rings. The van der Waals surface area contributed by atoms with Crippen LogP contribution in [0.25, 0.3) is 0 Å². The summed E-state index contributed by atoms with van der Waals surface area (Å²) in [6.07, 6.45) is 1.34. The molecule has 1 heterocycles. The molecular formula is C6H7BrO3. The maximum Gasteiger partial charge on any atom is 0.351 e. The van der Waals surface area contributed by atoms with E-state index in [-0.39, 0.29) is 0 Å². The number of cyclic esters (lactones) is 1. The zero-order valence-corrected chi connectivity index (χ0v) is 7.27. The van der Waals surface area contributed by atoms with Crippen LogP contribution in [0.3, 0.4) is 0 Å². The molecule has 0 spiro atoms. The van der Waals surface area contributed by atoms with Crippen molar-refractivity contribution in [1.82, 2.24) is 0 Å². The van der Waals surface area contributed by atoms with E-state index in [1.807, 2.05) is 0 Å². The van der Waals surface area contributed by atoms with Gasteiger partial charge in [0.2, 0.25) is 5.79 Å². The quantitative estimate of drug-likeness (QED) is 0.565. The molecule has 1 aliphatic rings. The molecule has 56 valence electrons. The first-order valence-electron chi connectivity index (χ1n) is 2.78. The Morgan fingerprint density at radius 3 is 2.60 bits per heavy atom. The van der Waals surface area contributed by atoms with Crippen molar-refractivity contribution in [3.63, 3.8) is 0 Å². The Morgan fingerprint density at radius 1 is 1.60 bits per heavy atom. The van der Waals surface area contributed by atoms with E-state index in [9.17, 15) is 4.79 Å². The summed E-state index contributed by atoms with van der Waals surface area (Å²) >= 11 is 2.97. The van der Waals surface area contributed by atoms with E-state index in [2.05, 4.69) is 15.9 Å². The summed E-state index contributed by atoms with van der Waals surface area (Å²) in [5.74, 6) is -1.22. The number of esters is 1. The number of carbonyl (C=O) groups excluding carboxylic acids is 1. The fraction of sp³-hybridized carbons (Fsp3) is 0.500. The number of carbonyl (C=O) groups is 1. The van der Waals surface area contributed by atoms with E-state index in [4.69, 9.17) is 9.47 Å². The van der Waals surface area contributed by atoms with Gasteiger partial charge in [-0.05, 0) is 15.9 Å². The lowest BCUT2D eigenvalue weighted by Gasteiger charge is -2.27. The third kappa shape index (κ3) is 1.50. The Kier molecular flexibility index (Phi) is 1.72. The Bertz CT molecular complexity index is 195. The minimum atomic E-state index is -0.825. The molecule has 0 unspecified atom stereocenters. The number of rotatable bonds is 0. The number of ether oxygens (including phenoxy) is 2. The SMILES string of the molecule is CC1(C)OC=C(Br)C(=O)O1. The van der Waals surface area contributed by atoms with Crippen LogP contribution in [0.1, 0.15) is 13.8 Å². The molecule has 1 aliphatic heterocycles. The minimum Gasteiger partial charge on any atom is -0.459 e.